The van der Waals surface area contributed by atoms with E-state index in [-0.39, 0.29) is 0 Å². The van der Waals surface area contributed by atoms with Crippen molar-refractivity contribution in [2.24, 2.45) is 0 Å². The molecule has 0 saturated carbocycles. The summed E-state index contributed by atoms with van der Waals surface area (Å²) in [6.07, 6.45) is 0.946. The highest BCUT2D eigenvalue weighted by Crippen LogP contribution is 2.45. The molecule has 1 aliphatic carbocycles. The van der Waals surface area contributed by atoms with Crippen LogP contribution in [0.25, 0.3) is 93.2 Å². The van der Waals surface area contributed by atoms with E-state index in [0.29, 0.717) is 0 Å². The summed E-state index contributed by atoms with van der Waals surface area (Å²) in [4.78, 5) is 0. The Hall–Kier alpha value is -6.44. The van der Waals surface area contributed by atoms with E-state index in [1.54, 1.807) is 0 Å². The van der Waals surface area contributed by atoms with E-state index >= 15 is 0 Å². The molecule has 0 aliphatic heterocycles. The van der Waals surface area contributed by atoms with Crippen molar-refractivity contribution in [3.63, 3.8) is 0 Å². The minimum absolute atomic E-state index is 0.946. The molecule has 0 saturated heterocycles. The van der Waals surface area contributed by atoms with Crippen LogP contribution in [0.4, 0.5) is 0 Å². The average molecular weight is 634 g/mol. The highest BCUT2D eigenvalue weighted by molar-refractivity contribution is 6.25. The fourth-order valence-electron chi connectivity index (χ4n) is 8.73. The molecule has 0 amide bonds. The Morgan fingerprint density at radius 2 is 0.880 bits per heavy atom. The zero-order valence-electron chi connectivity index (χ0n) is 27.4. The van der Waals surface area contributed by atoms with Gasteiger partial charge in [-0.3, -0.25) is 0 Å². The van der Waals surface area contributed by atoms with Gasteiger partial charge in [-0.15, -0.1) is 0 Å². The summed E-state index contributed by atoms with van der Waals surface area (Å²) in [6.45, 7) is 0. The number of aromatic nitrogens is 1. The topological polar surface area (TPSA) is 4.93 Å². The van der Waals surface area contributed by atoms with Crippen LogP contribution in [0.1, 0.15) is 11.1 Å². The lowest BCUT2D eigenvalue weighted by Gasteiger charge is -2.14. The Labute approximate surface area is 290 Å². The summed E-state index contributed by atoms with van der Waals surface area (Å²) in [5.74, 6) is 0. The summed E-state index contributed by atoms with van der Waals surface area (Å²) in [5, 5.41) is 10.4. The summed E-state index contributed by atoms with van der Waals surface area (Å²) >= 11 is 0. The maximum atomic E-state index is 2.43. The molecule has 1 aromatic heterocycles. The molecule has 0 spiro atoms. The fourth-order valence-corrected chi connectivity index (χ4v) is 8.73. The molecule has 232 valence electrons. The number of hydrogen-bond donors (Lipinski definition) is 0. The molecule has 11 rings (SSSR count). The van der Waals surface area contributed by atoms with E-state index in [9.17, 15) is 0 Å². The van der Waals surface area contributed by atoms with E-state index in [1.165, 1.54) is 104 Å². The van der Waals surface area contributed by atoms with Gasteiger partial charge in [0, 0.05) is 16.5 Å². The zero-order chi connectivity index (χ0) is 32.8. The number of fused-ring (bicyclic) bond motifs is 12. The van der Waals surface area contributed by atoms with Gasteiger partial charge < -0.3 is 4.57 Å². The lowest BCUT2D eigenvalue weighted by atomic mass is 9.90. The highest BCUT2D eigenvalue weighted by Gasteiger charge is 2.23. The monoisotopic (exact) mass is 633 g/mol. The minimum Gasteiger partial charge on any atom is -0.309 e. The van der Waals surface area contributed by atoms with Gasteiger partial charge in [0.1, 0.15) is 0 Å². The number of para-hydroxylation sites is 2. The SMILES string of the molecule is c1ccc(-n2c3ccccc3c3cc(-c4ccc5c(c4)-c4cccc(-c6ccc7c8ccccc8c8ccccc8c7c6)c4C5)ccc32)cc1. The van der Waals surface area contributed by atoms with Gasteiger partial charge in [-0.05, 0) is 126 Å². The van der Waals surface area contributed by atoms with Crippen LogP contribution >= 0.6 is 0 Å². The van der Waals surface area contributed by atoms with Gasteiger partial charge in [0.25, 0.3) is 0 Å². The van der Waals surface area contributed by atoms with Crippen molar-refractivity contribution < 1.29 is 0 Å². The first-order valence-electron chi connectivity index (χ1n) is 17.5. The van der Waals surface area contributed by atoms with Crippen molar-refractivity contribution in [2.45, 2.75) is 6.42 Å². The van der Waals surface area contributed by atoms with Crippen LogP contribution in [0.2, 0.25) is 0 Å². The molecule has 1 heteroatoms. The molecule has 0 unspecified atom stereocenters. The first-order chi connectivity index (χ1) is 24.8. The summed E-state index contributed by atoms with van der Waals surface area (Å²) in [6, 6.07) is 65.1. The smallest absolute Gasteiger partial charge is 0.0541 e. The van der Waals surface area contributed by atoms with E-state index in [2.05, 4.69) is 180 Å². The molecule has 0 atom stereocenters. The Balaban J connectivity index is 1.04. The highest BCUT2D eigenvalue weighted by atomic mass is 15.0. The molecule has 1 heterocycles. The lowest BCUT2D eigenvalue weighted by Crippen LogP contribution is -1.92. The fraction of sp³-hybridized carbons (Fsp3) is 0.0204. The van der Waals surface area contributed by atoms with Gasteiger partial charge in [0.15, 0.2) is 0 Å². The van der Waals surface area contributed by atoms with Crippen LogP contribution < -0.4 is 0 Å². The molecular weight excluding hydrogens is 603 g/mol. The third-order valence-electron chi connectivity index (χ3n) is 11.0. The maximum absolute atomic E-state index is 2.43. The van der Waals surface area contributed by atoms with Crippen molar-refractivity contribution in [3.05, 3.63) is 187 Å². The van der Waals surface area contributed by atoms with Crippen molar-refractivity contribution in [1.29, 1.82) is 0 Å². The second-order valence-corrected chi connectivity index (χ2v) is 13.7. The quantitative estimate of drug-likeness (QED) is 0.171. The van der Waals surface area contributed by atoms with Crippen LogP contribution in [0.15, 0.2) is 176 Å². The summed E-state index contributed by atoms with van der Waals surface area (Å²) in [5.41, 5.74) is 14.3. The maximum Gasteiger partial charge on any atom is 0.0541 e. The molecular formula is C49H31N. The Morgan fingerprint density at radius 3 is 1.66 bits per heavy atom. The number of benzene rings is 9. The van der Waals surface area contributed by atoms with E-state index in [0.717, 1.165) is 6.42 Å². The Kier molecular flexibility index (Phi) is 5.79. The summed E-state index contributed by atoms with van der Waals surface area (Å²) in [7, 11) is 0. The Morgan fingerprint density at radius 1 is 0.320 bits per heavy atom. The first kappa shape index (κ1) is 27.5. The number of rotatable bonds is 3. The van der Waals surface area contributed by atoms with Crippen LogP contribution in [-0.4, -0.2) is 4.57 Å². The molecule has 0 fully saturated rings. The molecule has 50 heavy (non-hydrogen) atoms. The third kappa shape index (κ3) is 3.95. The Bertz CT molecular complexity index is 2960. The van der Waals surface area contributed by atoms with E-state index in [1.807, 2.05) is 0 Å². The van der Waals surface area contributed by atoms with Crippen molar-refractivity contribution in [3.8, 4) is 39.1 Å². The molecule has 0 bridgehead atoms. The normalized spacial score (nSPS) is 12.3. The molecule has 0 N–H and O–H groups in total. The van der Waals surface area contributed by atoms with Gasteiger partial charge in [-0.2, -0.15) is 0 Å². The van der Waals surface area contributed by atoms with Gasteiger partial charge in [-0.25, -0.2) is 0 Å². The molecule has 0 radical (unpaired) electrons. The van der Waals surface area contributed by atoms with Gasteiger partial charge >= 0.3 is 0 Å². The number of nitrogens with zero attached hydrogens (tertiary/aromatic N) is 1. The van der Waals surface area contributed by atoms with Crippen molar-refractivity contribution >= 4 is 54.1 Å². The molecule has 1 aliphatic rings. The van der Waals surface area contributed by atoms with E-state index in [4.69, 9.17) is 0 Å². The van der Waals surface area contributed by atoms with Gasteiger partial charge in [0.2, 0.25) is 0 Å². The van der Waals surface area contributed by atoms with E-state index < -0.39 is 0 Å². The first-order valence-corrected chi connectivity index (χ1v) is 17.5. The average Bonchev–Trinajstić information content (AvgIpc) is 3.73. The molecule has 1 nitrogen and oxygen atoms in total. The second kappa shape index (κ2) is 10.5. The van der Waals surface area contributed by atoms with Crippen molar-refractivity contribution in [1.82, 2.24) is 4.57 Å². The lowest BCUT2D eigenvalue weighted by molar-refractivity contribution is 1.18. The standard InChI is InChI=1S/C49H31N/c1-2-11-35(12-3-1)50-48-20-9-8-17-43(48)47-28-32(24-26-49(47)50)31-21-22-34-30-45-36(18-10-19-41(45)44(34)27-31)33-23-25-42-39-15-5-4-13-37(39)38-14-6-7-16-40(38)46(42)29-33/h1-29H,30H2. The van der Waals surface area contributed by atoms with Crippen LogP contribution in [0, 0.1) is 0 Å². The largest absolute Gasteiger partial charge is 0.309 e. The van der Waals surface area contributed by atoms with Crippen molar-refractivity contribution in [2.75, 3.05) is 0 Å². The third-order valence-corrected chi connectivity index (χ3v) is 11.0. The molecule has 9 aromatic carbocycles. The molecule has 10 aromatic rings. The van der Waals surface area contributed by atoms with Gasteiger partial charge in [-0.1, -0.05) is 133 Å². The summed E-state index contributed by atoms with van der Waals surface area (Å²) < 4.78 is 2.38. The van der Waals surface area contributed by atoms with Gasteiger partial charge in [0.05, 0.1) is 11.0 Å². The predicted octanol–water partition coefficient (Wildman–Crippen LogP) is 13.1. The van der Waals surface area contributed by atoms with Crippen LogP contribution in [-0.2, 0) is 6.42 Å². The van der Waals surface area contributed by atoms with Crippen LogP contribution in [0.3, 0.4) is 0 Å². The second-order valence-electron chi connectivity index (χ2n) is 13.7. The van der Waals surface area contributed by atoms with Crippen LogP contribution in [0.5, 0.6) is 0 Å². The number of hydrogen-bond acceptors (Lipinski definition) is 0. The minimum atomic E-state index is 0.946. The zero-order valence-corrected chi connectivity index (χ0v) is 27.4. The predicted molar refractivity (Wildman–Crippen MR) is 212 cm³/mol.